The van der Waals surface area contributed by atoms with E-state index in [1.54, 1.807) is 13.3 Å². The Hall–Kier alpha value is -1.69. The number of ether oxygens (including phenoxy) is 1. The molecule has 5 nitrogen and oxygen atoms in total. The van der Waals surface area contributed by atoms with Gasteiger partial charge in [0.25, 0.3) is 0 Å². The Bertz CT molecular complexity index is 497. The van der Waals surface area contributed by atoms with Gasteiger partial charge in [-0.2, -0.15) is 5.10 Å². The monoisotopic (exact) mass is 260 g/mol. The minimum absolute atomic E-state index is 0.144. The normalized spacial score (nSPS) is 14.3. The van der Waals surface area contributed by atoms with Gasteiger partial charge in [-0.1, -0.05) is 30.3 Å². The van der Waals surface area contributed by atoms with Gasteiger partial charge in [0.05, 0.1) is 11.7 Å². The van der Waals surface area contributed by atoms with Gasteiger partial charge in [0.15, 0.2) is 0 Å². The highest BCUT2D eigenvalue weighted by atomic mass is 16.5. The lowest BCUT2D eigenvalue weighted by Gasteiger charge is -2.26. The molecule has 102 valence electrons. The van der Waals surface area contributed by atoms with E-state index in [1.807, 2.05) is 41.1 Å². The first-order valence-corrected chi connectivity index (χ1v) is 6.37. The second-order valence-corrected chi connectivity index (χ2v) is 4.28. The van der Waals surface area contributed by atoms with Gasteiger partial charge in [0, 0.05) is 19.9 Å². The molecule has 19 heavy (non-hydrogen) atoms. The predicted octanol–water partition coefficient (Wildman–Crippen LogP) is 1.80. The van der Waals surface area contributed by atoms with Crippen molar-refractivity contribution < 1.29 is 4.74 Å². The van der Waals surface area contributed by atoms with Crippen molar-refractivity contribution >= 4 is 0 Å². The smallest absolute Gasteiger partial charge is 0.104 e. The number of benzene rings is 1. The summed E-state index contributed by atoms with van der Waals surface area (Å²) in [5, 5.41) is 4.28. The Morgan fingerprint density at radius 2 is 2.05 bits per heavy atom. The minimum atomic E-state index is -0.159. The maximum Gasteiger partial charge on any atom is 0.104 e. The third kappa shape index (κ3) is 2.84. The number of methoxy groups -OCH3 is 1. The molecule has 3 N–H and O–H groups in total. The van der Waals surface area contributed by atoms with Gasteiger partial charge in [0.1, 0.15) is 6.10 Å². The van der Waals surface area contributed by atoms with E-state index in [2.05, 4.69) is 17.4 Å². The highest BCUT2D eigenvalue weighted by Crippen LogP contribution is 2.30. The summed E-state index contributed by atoms with van der Waals surface area (Å²) in [6.07, 6.45) is 1.62. The summed E-state index contributed by atoms with van der Waals surface area (Å²) in [6.45, 7) is 2.85. The second-order valence-electron chi connectivity index (χ2n) is 4.28. The van der Waals surface area contributed by atoms with Crippen molar-refractivity contribution in [2.24, 2.45) is 5.84 Å². The van der Waals surface area contributed by atoms with Crippen molar-refractivity contribution in [3.05, 3.63) is 53.9 Å². The number of aryl methyl sites for hydroxylation is 1. The van der Waals surface area contributed by atoms with Gasteiger partial charge in [-0.25, -0.2) is 5.43 Å². The molecule has 0 fully saturated rings. The Balaban J connectivity index is 2.34. The van der Waals surface area contributed by atoms with Crippen LogP contribution in [0.1, 0.15) is 30.3 Å². The molecule has 1 heterocycles. The zero-order chi connectivity index (χ0) is 13.7. The third-order valence-electron chi connectivity index (χ3n) is 3.23. The maximum absolute atomic E-state index is 5.73. The first kappa shape index (κ1) is 13.7. The molecule has 2 aromatic rings. The van der Waals surface area contributed by atoms with Crippen LogP contribution in [0.5, 0.6) is 0 Å². The van der Waals surface area contributed by atoms with Crippen LogP contribution in [0.4, 0.5) is 0 Å². The number of hydrogen-bond donors (Lipinski definition) is 2. The zero-order valence-electron chi connectivity index (χ0n) is 11.3. The Kier molecular flexibility index (Phi) is 4.68. The van der Waals surface area contributed by atoms with Crippen LogP contribution in [0.15, 0.2) is 42.6 Å². The SMILES string of the molecule is CCn1nccc1C(NN)C(OC)c1ccccc1. The topological polar surface area (TPSA) is 65.1 Å². The van der Waals surface area contributed by atoms with Gasteiger partial charge in [-0.05, 0) is 18.6 Å². The zero-order valence-corrected chi connectivity index (χ0v) is 11.3. The van der Waals surface area contributed by atoms with Crippen LogP contribution in [0.2, 0.25) is 0 Å². The molecule has 0 radical (unpaired) electrons. The molecule has 0 aliphatic rings. The van der Waals surface area contributed by atoms with Crippen LogP contribution < -0.4 is 11.3 Å². The van der Waals surface area contributed by atoms with Crippen molar-refractivity contribution in [1.82, 2.24) is 15.2 Å². The summed E-state index contributed by atoms with van der Waals surface area (Å²) in [6, 6.07) is 11.9. The summed E-state index contributed by atoms with van der Waals surface area (Å²) in [5.74, 6) is 5.73. The van der Waals surface area contributed by atoms with Crippen molar-refractivity contribution in [1.29, 1.82) is 0 Å². The standard InChI is InChI=1S/C14H20N4O/c1-3-18-12(9-10-16-18)13(17-15)14(19-2)11-7-5-4-6-8-11/h4-10,13-14,17H,3,15H2,1-2H3. The largest absolute Gasteiger partial charge is 0.375 e. The molecule has 0 spiro atoms. The molecule has 0 amide bonds. The molecule has 1 aromatic heterocycles. The molecule has 1 aromatic carbocycles. The lowest BCUT2D eigenvalue weighted by molar-refractivity contribution is 0.0647. The number of rotatable bonds is 6. The van der Waals surface area contributed by atoms with E-state index in [1.165, 1.54) is 0 Å². The maximum atomic E-state index is 5.73. The summed E-state index contributed by atoms with van der Waals surface area (Å²) in [7, 11) is 1.69. The average molecular weight is 260 g/mol. The van der Waals surface area contributed by atoms with Crippen LogP contribution in [0, 0.1) is 0 Å². The van der Waals surface area contributed by atoms with Crippen LogP contribution >= 0.6 is 0 Å². The van der Waals surface area contributed by atoms with Gasteiger partial charge in [-0.15, -0.1) is 0 Å². The van der Waals surface area contributed by atoms with Crippen molar-refractivity contribution in [3.63, 3.8) is 0 Å². The summed E-state index contributed by atoms with van der Waals surface area (Å²) >= 11 is 0. The summed E-state index contributed by atoms with van der Waals surface area (Å²) in [5.41, 5.74) is 4.94. The summed E-state index contributed by atoms with van der Waals surface area (Å²) in [4.78, 5) is 0. The minimum Gasteiger partial charge on any atom is -0.375 e. The van der Waals surface area contributed by atoms with E-state index in [-0.39, 0.29) is 12.1 Å². The van der Waals surface area contributed by atoms with Crippen molar-refractivity contribution in [2.45, 2.75) is 25.6 Å². The number of aromatic nitrogens is 2. The molecule has 0 aliphatic heterocycles. The van der Waals surface area contributed by atoms with E-state index < -0.39 is 0 Å². The van der Waals surface area contributed by atoms with E-state index >= 15 is 0 Å². The molecule has 0 bridgehead atoms. The Labute approximate surface area is 113 Å². The fourth-order valence-corrected chi connectivity index (χ4v) is 2.31. The third-order valence-corrected chi connectivity index (χ3v) is 3.23. The molecule has 5 heteroatoms. The number of nitrogens with zero attached hydrogens (tertiary/aromatic N) is 2. The van der Waals surface area contributed by atoms with Crippen LogP contribution in [0.25, 0.3) is 0 Å². The van der Waals surface area contributed by atoms with Gasteiger partial charge in [0.2, 0.25) is 0 Å². The fourth-order valence-electron chi connectivity index (χ4n) is 2.31. The number of nitrogens with two attached hydrogens (primary N) is 1. The molecule has 2 unspecified atom stereocenters. The van der Waals surface area contributed by atoms with Gasteiger partial charge < -0.3 is 4.74 Å². The Morgan fingerprint density at radius 3 is 2.63 bits per heavy atom. The highest BCUT2D eigenvalue weighted by molar-refractivity contribution is 5.22. The van der Waals surface area contributed by atoms with Crippen LogP contribution in [0.3, 0.4) is 0 Å². The fraction of sp³-hybridized carbons (Fsp3) is 0.357. The average Bonchev–Trinajstić information content (AvgIpc) is 2.93. The Morgan fingerprint density at radius 1 is 1.32 bits per heavy atom. The van der Waals surface area contributed by atoms with Crippen LogP contribution in [-0.4, -0.2) is 16.9 Å². The first-order chi connectivity index (χ1) is 9.31. The lowest BCUT2D eigenvalue weighted by Crippen LogP contribution is -2.35. The quantitative estimate of drug-likeness (QED) is 0.614. The summed E-state index contributed by atoms with van der Waals surface area (Å²) < 4.78 is 7.55. The van der Waals surface area contributed by atoms with E-state index in [0.29, 0.717) is 0 Å². The molecule has 0 saturated heterocycles. The van der Waals surface area contributed by atoms with Crippen molar-refractivity contribution in [3.8, 4) is 0 Å². The second kappa shape index (κ2) is 6.47. The molecule has 0 aliphatic carbocycles. The van der Waals surface area contributed by atoms with Gasteiger partial charge in [-0.3, -0.25) is 10.5 Å². The number of hydrogen-bond acceptors (Lipinski definition) is 4. The number of hydrazine groups is 1. The molecular weight excluding hydrogens is 240 g/mol. The highest BCUT2D eigenvalue weighted by Gasteiger charge is 2.26. The number of nitrogens with one attached hydrogen (secondary N) is 1. The van der Waals surface area contributed by atoms with E-state index in [4.69, 9.17) is 10.6 Å². The lowest BCUT2D eigenvalue weighted by atomic mass is 10.00. The molecule has 2 atom stereocenters. The predicted molar refractivity (Wildman–Crippen MR) is 74.2 cm³/mol. The van der Waals surface area contributed by atoms with Crippen LogP contribution in [-0.2, 0) is 11.3 Å². The molecule has 0 saturated carbocycles. The van der Waals surface area contributed by atoms with Gasteiger partial charge >= 0.3 is 0 Å². The van der Waals surface area contributed by atoms with Crippen molar-refractivity contribution in [2.75, 3.05) is 7.11 Å². The molecule has 2 rings (SSSR count). The first-order valence-electron chi connectivity index (χ1n) is 6.37. The van der Waals surface area contributed by atoms with E-state index in [0.717, 1.165) is 17.8 Å². The molecular formula is C14H20N4O. The van der Waals surface area contributed by atoms with E-state index in [9.17, 15) is 0 Å².